The molecule has 2 heterocycles. The van der Waals surface area contributed by atoms with Crippen LogP contribution in [0.4, 0.5) is 0 Å². The van der Waals surface area contributed by atoms with Crippen LogP contribution >= 0.6 is 0 Å². The summed E-state index contributed by atoms with van der Waals surface area (Å²) in [6.07, 6.45) is 6.95. The fourth-order valence-corrected chi connectivity index (χ4v) is 13.5. The minimum absolute atomic E-state index is 0. The Kier molecular flexibility index (Phi) is 12.1. The summed E-state index contributed by atoms with van der Waals surface area (Å²) in [6.45, 7) is 4.43. The van der Waals surface area contributed by atoms with Crippen molar-refractivity contribution in [1.82, 2.24) is 0 Å². The first-order valence-corrected chi connectivity index (χ1v) is 22.9. The van der Waals surface area contributed by atoms with Crippen molar-refractivity contribution >= 4 is 23.3 Å². The van der Waals surface area contributed by atoms with Gasteiger partial charge in [-0.2, -0.15) is 0 Å². The van der Waals surface area contributed by atoms with Crippen molar-refractivity contribution in [2.75, 3.05) is 0 Å². The van der Waals surface area contributed by atoms with Crippen molar-refractivity contribution in [3.63, 3.8) is 0 Å². The molecule has 288 valence electrons. The summed E-state index contributed by atoms with van der Waals surface area (Å²) in [6, 6.07) is 61.7. The van der Waals surface area contributed by atoms with Gasteiger partial charge in [-0.25, -0.2) is 0 Å². The summed E-state index contributed by atoms with van der Waals surface area (Å²) in [5, 5.41) is 0. The van der Waals surface area contributed by atoms with Crippen molar-refractivity contribution in [2.24, 2.45) is 0 Å². The van der Waals surface area contributed by atoms with Crippen LogP contribution in [0, 0.1) is 0 Å². The number of hydrogen-bond acceptors (Lipinski definition) is 2. The maximum atomic E-state index is 6.81. The molecule has 0 aliphatic heterocycles. The van der Waals surface area contributed by atoms with Crippen LogP contribution in [0.1, 0.15) is 66.0 Å². The number of aryl methyl sites for hydroxylation is 2. The van der Waals surface area contributed by atoms with Gasteiger partial charge in [0.05, 0.1) is 0 Å². The van der Waals surface area contributed by atoms with E-state index in [0.717, 1.165) is 47.0 Å². The third-order valence-electron chi connectivity index (χ3n) is 11.7. The van der Waals surface area contributed by atoms with Gasteiger partial charge in [-0.05, 0) is 0 Å². The van der Waals surface area contributed by atoms with E-state index in [2.05, 4.69) is 196 Å². The Bertz CT molecular complexity index is 2580. The van der Waals surface area contributed by atoms with E-state index < -0.39 is 23.2 Å². The predicted molar refractivity (Wildman–Crippen MR) is 232 cm³/mol. The second-order valence-electron chi connectivity index (χ2n) is 15.0. The summed E-state index contributed by atoms with van der Waals surface area (Å²) in [4.78, 5) is 0. The summed E-state index contributed by atoms with van der Waals surface area (Å²) in [5.74, 6) is 3.72. The number of allylic oxidation sites excluding steroid dienone is 2. The maximum absolute atomic E-state index is 6.81. The molecule has 2 aliphatic carbocycles. The Morgan fingerprint density at radius 3 is 1.17 bits per heavy atom. The van der Waals surface area contributed by atoms with E-state index in [9.17, 15) is 0 Å². The van der Waals surface area contributed by atoms with Crippen LogP contribution in [0.3, 0.4) is 0 Å². The molecule has 0 bridgehead atoms. The molecule has 2 nitrogen and oxygen atoms in total. The topological polar surface area (TPSA) is 26.3 Å². The van der Waals surface area contributed by atoms with E-state index in [0.29, 0.717) is 0 Å². The third kappa shape index (κ3) is 7.73. The van der Waals surface area contributed by atoms with Gasteiger partial charge in [-0.15, -0.1) is 0 Å². The van der Waals surface area contributed by atoms with E-state index in [1.807, 2.05) is 0 Å². The number of furan rings is 2. The van der Waals surface area contributed by atoms with Gasteiger partial charge in [0.15, 0.2) is 0 Å². The maximum Gasteiger partial charge on any atom is -1.00 e. The van der Waals surface area contributed by atoms with Gasteiger partial charge in [0.25, 0.3) is 0 Å². The number of benzene rings is 6. The third-order valence-corrected chi connectivity index (χ3v) is 16.4. The smallest absolute Gasteiger partial charge is 1.00 e. The molecule has 2 atom stereocenters. The van der Waals surface area contributed by atoms with Crippen LogP contribution in [0.15, 0.2) is 179 Å². The molecular formula is C54H42Cl2O2Zr. The molecule has 5 heteroatoms. The predicted octanol–water partition coefficient (Wildman–Crippen LogP) is 8.65. The number of halogens is 2. The van der Waals surface area contributed by atoms with Crippen molar-refractivity contribution in [3.8, 4) is 44.9 Å². The average Bonchev–Trinajstić information content (AvgIpc) is 4.10. The van der Waals surface area contributed by atoms with E-state index in [1.54, 1.807) is 0 Å². The fraction of sp³-hybridized carbons (Fsp3) is 0.111. The Morgan fingerprint density at radius 2 is 0.780 bits per heavy atom. The Labute approximate surface area is 371 Å². The van der Waals surface area contributed by atoms with Gasteiger partial charge >= 0.3 is 349 Å². The van der Waals surface area contributed by atoms with Crippen LogP contribution in [-0.2, 0) is 36.1 Å². The average molecular weight is 885 g/mol. The SMILES string of the molecule is CCc1ccc(-c2cccc3c2C=C(c2ccc(-c4ccccc4)o2)[CH]3[Zr+2][CH]2C(c3ccc(-c4ccccc4)o3)=Cc3c(-c4ccc(CC)cc4)cccc32)cc1.[Cl-].[Cl-]. The second-order valence-corrected chi connectivity index (χ2v) is 18.7. The molecule has 0 amide bonds. The number of rotatable bonds is 10. The van der Waals surface area contributed by atoms with Gasteiger partial charge < -0.3 is 24.8 Å². The molecule has 10 rings (SSSR count). The summed E-state index contributed by atoms with van der Waals surface area (Å²) >= 11 is -1.43. The van der Waals surface area contributed by atoms with Crippen LogP contribution in [0.5, 0.6) is 0 Å². The monoisotopic (exact) mass is 882 g/mol. The number of hydrogen-bond donors (Lipinski definition) is 0. The van der Waals surface area contributed by atoms with E-state index in [-0.39, 0.29) is 32.1 Å². The quantitative estimate of drug-likeness (QED) is 0.138. The minimum atomic E-state index is -1.43. The molecule has 0 N–H and O–H groups in total. The van der Waals surface area contributed by atoms with E-state index in [1.165, 1.54) is 66.8 Å². The Balaban J connectivity index is 0.00000242. The first kappa shape index (κ1) is 40.6. The molecule has 0 saturated heterocycles. The summed E-state index contributed by atoms with van der Waals surface area (Å²) in [7, 11) is 0. The zero-order chi connectivity index (χ0) is 38.3. The van der Waals surface area contributed by atoms with Gasteiger partial charge in [0, 0.05) is 0 Å². The number of fused-ring (bicyclic) bond motifs is 2. The Morgan fingerprint density at radius 1 is 0.390 bits per heavy atom. The zero-order valence-corrected chi connectivity index (χ0v) is 36.9. The molecular weight excluding hydrogens is 843 g/mol. The molecule has 0 radical (unpaired) electrons. The van der Waals surface area contributed by atoms with Crippen LogP contribution in [-0.4, -0.2) is 0 Å². The largest absolute Gasteiger partial charge is 1.00 e. The second kappa shape index (κ2) is 17.6. The minimum Gasteiger partial charge on any atom is -1.00 e. The molecule has 0 fully saturated rings. The van der Waals surface area contributed by atoms with Gasteiger partial charge in [0.1, 0.15) is 0 Å². The molecule has 0 spiro atoms. The van der Waals surface area contributed by atoms with Crippen molar-refractivity contribution in [1.29, 1.82) is 0 Å². The van der Waals surface area contributed by atoms with Crippen molar-refractivity contribution in [2.45, 2.75) is 33.9 Å². The molecule has 6 aromatic carbocycles. The molecule has 59 heavy (non-hydrogen) atoms. The molecule has 2 aromatic heterocycles. The first-order chi connectivity index (χ1) is 28.1. The van der Waals surface area contributed by atoms with Gasteiger partial charge in [-0.3, -0.25) is 0 Å². The van der Waals surface area contributed by atoms with Crippen molar-refractivity contribution in [3.05, 3.63) is 215 Å². The summed E-state index contributed by atoms with van der Waals surface area (Å²) < 4.78 is 14.1. The van der Waals surface area contributed by atoms with E-state index in [4.69, 9.17) is 8.83 Å². The van der Waals surface area contributed by atoms with E-state index >= 15 is 0 Å². The first-order valence-electron chi connectivity index (χ1n) is 20.1. The standard InChI is InChI=1S/2C27H21O.2ClH.Zr/c2*1-2-19-11-13-20(14-12-19)24-10-6-9-22-17-23(18-25(22)24)27-16-15-26(28-27)21-7-4-3-5-8-21;;;/h2*3-18H,2H2,1H3;2*1H;/q;;;;+2/p-2. The zero-order valence-electron chi connectivity index (χ0n) is 33.0. The van der Waals surface area contributed by atoms with Crippen LogP contribution in [0.2, 0.25) is 0 Å². The molecule has 2 aliphatic rings. The molecule has 2 unspecified atom stereocenters. The normalized spacial score (nSPS) is 14.9. The van der Waals surface area contributed by atoms with Gasteiger partial charge in [0.2, 0.25) is 0 Å². The molecule has 0 saturated carbocycles. The van der Waals surface area contributed by atoms with Crippen LogP contribution in [0.25, 0.3) is 68.2 Å². The van der Waals surface area contributed by atoms with Crippen LogP contribution < -0.4 is 24.8 Å². The van der Waals surface area contributed by atoms with Gasteiger partial charge in [-0.1, -0.05) is 0 Å². The Hall–Kier alpha value is -5.18. The molecule has 8 aromatic rings. The van der Waals surface area contributed by atoms with Crippen molar-refractivity contribution < 1.29 is 56.9 Å². The summed E-state index contributed by atoms with van der Waals surface area (Å²) in [5.41, 5.74) is 18.0. The fourth-order valence-electron chi connectivity index (χ4n) is 8.60.